The number of piperazine rings is 1. The molecular formula is C15H21N2O. The van der Waals surface area contributed by atoms with E-state index in [1.807, 2.05) is 23.1 Å². The summed E-state index contributed by atoms with van der Waals surface area (Å²) in [6, 6.07) is 10.4. The molecule has 97 valence electrons. The van der Waals surface area contributed by atoms with Gasteiger partial charge in [-0.15, -0.1) is 0 Å². The Morgan fingerprint density at radius 3 is 2.56 bits per heavy atom. The van der Waals surface area contributed by atoms with Gasteiger partial charge in [-0.05, 0) is 18.1 Å². The van der Waals surface area contributed by atoms with Gasteiger partial charge in [0, 0.05) is 38.3 Å². The molecule has 1 amide bonds. The van der Waals surface area contributed by atoms with Crippen molar-refractivity contribution < 1.29 is 4.79 Å². The minimum absolute atomic E-state index is 0.111. The molecule has 1 aromatic carbocycles. The summed E-state index contributed by atoms with van der Waals surface area (Å²) < 4.78 is 0. The molecule has 1 heterocycles. The largest absolute Gasteiger partial charge is 0.336 e. The van der Waals surface area contributed by atoms with Gasteiger partial charge in [0.05, 0.1) is 0 Å². The third-order valence-corrected chi connectivity index (χ3v) is 3.22. The van der Waals surface area contributed by atoms with Crippen LogP contribution in [0.1, 0.15) is 24.2 Å². The molecular weight excluding hydrogens is 224 g/mol. The van der Waals surface area contributed by atoms with E-state index in [4.69, 9.17) is 0 Å². The molecule has 1 saturated heterocycles. The molecule has 0 aromatic heterocycles. The summed E-state index contributed by atoms with van der Waals surface area (Å²) in [4.78, 5) is 16.6. The van der Waals surface area contributed by atoms with Crippen LogP contribution in [0.3, 0.4) is 0 Å². The first kappa shape index (κ1) is 13.1. The second kappa shape index (κ2) is 6.01. The Morgan fingerprint density at radius 1 is 1.28 bits per heavy atom. The topological polar surface area (TPSA) is 23.6 Å². The first-order chi connectivity index (χ1) is 8.66. The van der Waals surface area contributed by atoms with E-state index < -0.39 is 0 Å². The van der Waals surface area contributed by atoms with Crippen LogP contribution in [0.4, 0.5) is 0 Å². The fourth-order valence-corrected chi connectivity index (χ4v) is 2.35. The normalized spacial score (nSPS) is 17.2. The Kier molecular flexibility index (Phi) is 4.37. The molecule has 1 aromatic rings. The summed E-state index contributed by atoms with van der Waals surface area (Å²) in [6.45, 7) is 9.21. The van der Waals surface area contributed by atoms with E-state index in [0.717, 1.165) is 32.7 Å². The van der Waals surface area contributed by atoms with E-state index in [9.17, 15) is 4.79 Å². The Morgan fingerprint density at radius 2 is 2.00 bits per heavy atom. The second-order valence-electron chi connectivity index (χ2n) is 5.26. The molecule has 1 aliphatic heterocycles. The van der Waals surface area contributed by atoms with Gasteiger partial charge in [0.15, 0.2) is 0 Å². The van der Waals surface area contributed by atoms with Gasteiger partial charge in [-0.25, -0.2) is 0 Å². The third-order valence-electron chi connectivity index (χ3n) is 3.22. The highest BCUT2D eigenvalue weighted by Crippen LogP contribution is 2.09. The number of benzene rings is 1. The fourth-order valence-electron chi connectivity index (χ4n) is 2.35. The summed E-state index contributed by atoms with van der Waals surface area (Å²) in [6.07, 6.45) is 0. The van der Waals surface area contributed by atoms with E-state index in [1.54, 1.807) is 6.07 Å². The maximum Gasteiger partial charge on any atom is 0.254 e. The van der Waals surface area contributed by atoms with Crippen LogP contribution in [0.5, 0.6) is 0 Å². The molecule has 0 unspecified atom stereocenters. The van der Waals surface area contributed by atoms with Crippen LogP contribution in [0.15, 0.2) is 24.3 Å². The predicted octanol–water partition coefficient (Wildman–Crippen LogP) is 1.90. The van der Waals surface area contributed by atoms with Crippen LogP contribution in [-0.2, 0) is 0 Å². The van der Waals surface area contributed by atoms with Crippen molar-refractivity contribution in [1.29, 1.82) is 0 Å². The van der Waals surface area contributed by atoms with Crippen molar-refractivity contribution in [3.8, 4) is 0 Å². The van der Waals surface area contributed by atoms with Crippen molar-refractivity contribution in [2.24, 2.45) is 5.92 Å². The van der Waals surface area contributed by atoms with Gasteiger partial charge < -0.3 is 4.90 Å². The van der Waals surface area contributed by atoms with Crippen LogP contribution >= 0.6 is 0 Å². The average molecular weight is 245 g/mol. The van der Waals surface area contributed by atoms with Crippen molar-refractivity contribution in [1.82, 2.24) is 9.80 Å². The zero-order chi connectivity index (χ0) is 13.0. The Hall–Kier alpha value is -1.35. The van der Waals surface area contributed by atoms with Gasteiger partial charge in [0.2, 0.25) is 0 Å². The summed E-state index contributed by atoms with van der Waals surface area (Å²) in [5.41, 5.74) is 0.676. The predicted molar refractivity (Wildman–Crippen MR) is 72.5 cm³/mol. The lowest BCUT2D eigenvalue weighted by molar-refractivity contribution is 0.0623. The summed E-state index contributed by atoms with van der Waals surface area (Å²) in [5.74, 6) is 0.800. The van der Waals surface area contributed by atoms with E-state index in [2.05, 4.69) is 24.8 Å². The van der Waals surface area contributed by atoms with Crippen molar-refractivity contribution in [3.05, 3.63) is 35.9 Å². The van der Waals surface area contributed by atoms with Crippen LogP contribution in [0.25, 0.3) is 0 Å². The molecule has 0 bridgehead atoms. The van der Waals surface area contributed by atoms with Crippen LogP contribution in [0, 0.1) is 12.0 Å². The highest BCUT2D eigenvalue weighted by molar-refractivity contribution is 5.93. The highest BCUT2D eigenvalue weighted by Gasteiger charge is 2.22. The molecule has 3 nitrogen and oxygen atoms in total. The molecule has 0 N–H and O–H groups in total. The molecule has 0 aliphatic carbocycles. The van der Waals surface area contributed by atoms with E-state index >= 15 is 0 Å². The van der Waals surface area contributed by atoms with Gasteiger partial charge in [-0.1, -0.05) is 32.0 Å². The number of hydrogen-bond acceptors (Lipinski definition) is 2. The first-order valence-corrected chi connectivity index (χ1v) is 6.65. The molecule has 1 radical (unpaired) electrons. The van der Waals surface area contributed by atoms with Crippen molar-refractivity contribution in [2.45, 2.75) is 13.8 Å². The maximum atomic E-state index is 12.2. The minimum Gasteiger partial charge on any atom is -0.336 e. The monoisotopic (exact) mass is 245 g/mol. The molecule has 1 aliphatic rings. The zero-order valence-electron chi connectivity index (χ0n) is 11.2. The number of amides is 1. The van der Waals surface area contributed by atoms with Gasteiger partial charge in [0.25, 0.3) is 5.91 Å². The molecule has 1 fully saturated rings. The van der Waals surface area contributed by atoms with Crippen LogP contribution in [0.2, 0.25) is 0 Å². The third kappa shape index (κ3) is 3.33. The molecule has 0 atom stereocenters. The summed E-state index contributed by atoms with van der Waals surface area (Å²) in [5, 5.41) is 0. The minimum atomic E-state index is 0.111. The SMILES string of the molecule is CC(C)CN1CCN(C(=O)c2[c]cccc2)CC1. The first-order valence-electron chi connectivity index (χ1n) is 6.65. The lowest BCUT2D eigenvalue weighted by atomic mass is 10.1. The number of nitrogens with zero attached hydrogens (tertiary/aromatic N) is 2. The zero-order valence-corrected chi connectivity index (χ0v) is 11.2. The lowest BCUT2D eigenvalue weighted by Gasteiger charge is -2.35. The number of rotatable bonds is 3. The van der Waals surface area contributed by atoms with Crippen molar-refractivity contribution >= 4 is 5.91 Å². The van der Waals surface area contributed by atoms with Crippen LogP contribution in [-0.4, -0.2) is 48.4 Å². The van der Waals surface area contributed by atoms with E-state index in [-0.39, 0.29) is 5.91 Å². The Labute approximate surface area is 109 Å². The average Bonchev–Trinajstić information content (AvgIpc) is 2.39. The second-order valence-corrected chi connectivity index (χ2v) is 5.26. The maximum absolute atomic E-state index is 12.2. The van der Waals surface area contributed by atoms with E-state index in [1.165, 1.54) is 0 Å². The van der Waals surface area contributed by atoms with Gasteiger partial charge in [-0.2, -0.15) is 0 Å². The van der Waals surface area contributed by atoms with Gasteiger partial charge >= 0.3 is 0 Å². The Balaban J connectivity index is 1.88. The summed E-state index contributed by atoms with van der Waals surface area (Å²) >= 11 is 0. The molecule has 18 heavy (non-hydrogen) atoms. The molecule has 0 spiro atoms. The number of hydrogen-bond donors (Lipinski definition) is 0. The number of carbonyl (C=O) groups excluding carboxylic acids is 1. The smallest absolute Gasteiger partial charge is 0.254 e. The lowest BCUT2D eigenvalue weighted by Crippen LogP contribution is -2.49. The fraction of sp³-hybridized carbons (Fsp3) is 0.533. The molecule has 3 heteroatoms. The van der Waals surface area contributed by atoms with Crippen molar-refractivity contribution in [2.75, 3.05) is 32.7 Å². The summed E-state index contributed by atoms with van der Waals surface area (Å²) in [7, 11) is 0. The van der Waals surface area contributed by atoms with Crippen molar-refractivity contribution in [3.63, 3.8) is 0 Å². The van der Waals surface area contributed by atoms with Crippen LogP contribution < -0.4 is 0 Å². The number of carbonyl (C=O) groups is 1. The highest BCUT2D eigenvalue weighted by atomic mass is 16.2. The quantitative estimate of drug-likeness (QED) is 0.812. The van der Waals surface area contributed by atoms with E-state index in [0.29, 0.717) is 11.5 Å². The van der Waals surface area contributed by atoms with Gasteiger partial charge in [0.1, 0.15) is 0 Å². The Bertz CT molecular complexity index is 381. The molecule has 2 rings (SSSR count). The standard InChI is InChI=1S/C15H21N2O/c1-13(2)12-16-8-10-17(11-9-16)15(18)14-6-4-3-5-7-14/h3-6,13H,8-12H2,1-2H3. The molecule has 0 saturated carbocycles. The van der Waals surface area contributed by atoms with Gasteiger partial charge in [-0.3, -0.25) is 9.69 Å².